The number of hydrogen-bond donors (Lipinski definition) is 1. The summed E-state index contributed by atoms with van der Waals surface area (Å²) < 4.78 is 10.3. The first-order valence-electron chi connectivity index (χ1n) is 11.0. The Morgan fingerprint density at radius 2 is 1.66 bits per heavy atom. The predicted molar refractivity (Wildman–Crippen MR) is 132 cm³/mol. The molecular weight excluding hydrogens is 402 g/mol. The molecule has 0 bridgehead atoms. The summed E-state index contributed by atoms with van der Waals surface area (Å²) in [7, 11) is 0. The van der Waals surface area contributed by atoms with Crippen molar-refractivity contribution in [1.82, 2.24) is 0 Å². The van der Waals surface area contributed by atoms with E-state index in [1.54, 1.807) is 26.8 Å². The van der Waals surface area contributed by atoms with Gasteiger partial charge < -0.3 is 15.2 Å². The number of benzene rings is 1. The molecule has 0 aliphatic rings. The maximum absolute atomic E-state index is 12.0. The number of amides is 1. The second kappa shape index (κ2) is 15.1. The van der Waals surface area contributed by atoms with E-state index in [0.29, 0.717) is 12.3 Å². The van der Waals surface area contributed by atoms with Crippen molar-refractivity contribution in [3.05, 3.63) is 72.9 Å². The Kier molecular flexibility index (Phi) is 13.7. The van der Waals surface area contributed by atoms with Gasteiger partial charge in [-0.2, -0.15) is 0 Å². The van der Waals surface area contributed by atoms with Crippen molar-refractivity contribution in [2.24, 2.45) is 17.6 Å². The molecule has 32 heavy (non-hydrogen) atoms. The lowest BCUT2D eigenvalue weighted by molar-refractivity contribution is -0.151. The Hall–Kier alpha value is -2.82. The van der Waals surface area contributed by atoms with Gasteiger partial charge in [-0.15, -0.1) is 0 Å². The molecule has 0 aromatic heterocycles. The Bertz CT molecular complexity index is 745. The van der Waals surface area contributed by atoms with E-state index in [1.165, 1.54) is 5.56 Å². The summed E-state index contributed by atoms with van der Waals surface area (Å²) in [6.45, 7) is 19.0. The van der Waals surface area contributed by atoms with E-state index in [0.717, 1.165) is 18.4 Å². The maximum Gasteiger partial charge on any atom is 0.405 e. The van der Waals surface area contributed by atoms with E-state index in [9.17, 15) is 9.59 Å². The quantitative estimate of drug-likeness (QED) is 0.335. The minimum atomic E-state index is -0.725. The number of allylic oxidation sites excluding steroid dienone is 4. The van der Waals surface area contributed by atoms with Crippen LogP contribution < -0.4 is 5.73 Å². The first kappa shape index (κ1) is 29.2. The molecule has 0 aliphatic heterocycles. The fourth-order valence-electron chi connectivity index (χ4n) is 2.98. The molecule has 1 aromatic carbocycles. The van der Waals surface area contributed by atoms with Crippen LogP contribution >= 0.6 is 0 Å². The molecule has 0 saturated carbocycles. The van der Waals surface area contributed by atoms with Crippen LogP contribution in [0.1, 0.15) is 59.9 Å². The van der Waals surface area contributed by atoms with E-state index in [4.69, 9.17) is 10.5 Å². The van der Waals surface area contributed by atoms with Crippen molar-refractivity contribution < 1.29 is 19.1 Å². The SMILES string of the molecule is C=C/C=C(\C=C)CC(Cc1ccccc1)C(C)OC(=O)CC(C)C.CC(C)(C)OC(N)=O. The molecule has 5 heteroatoms. The number of rotatable bonds is 10. The van der Waals surface area contributed by atoms with E-state index < -0.39 is 11.7 Å². The number of ether oxygens (including phenoxy) is 2. The van der Waals surface area contributed by atoms with Crippen LogP contribution in [0.5, 0.6) is 0 Å². The average Bonchev–Trinajstić information content (AvgIpc) is 2.65. The lowest BCUT2D eigenvalue weighted by atomic mass is 9.88. The van der Waals surface area contributed by atoms with E-state index in [1.807, 2.05) is 51.1 Å². The number of carbonyl (C=O) groups is 2. The molecule has 0 saturated heterocycles. The summed E-state index contributed by atoms with van der Waals surface area (Å²) in [4.78, 5) is 22.0. The van der Waals surface area contributed by atoms with Gasteiger partial charge in [0.25, 0.3) is 0 Å². The third kappa shape index (κ3) is 15.1. The van der Waals surface area contributed by atoms with Crippen LogP contribution in [0.3, 0.4) is 0 Å². The van der Waals surface area contributed by atoms with Crippen molar-refractivity contribution in [3.63, 3.8) is 0 Å². The van der Waals surface area contributed by atoms with Crippen LogP contribution in [0.15, 0.2) is 67.3 Å². The molecule has 0 heterocycles. The van der Waals surface area contributed by atoms with Gasteiger partial charge in [-0.25, -0.2) is 4.79 Å². The number of hydrogen-bond acceptors (Lipinski definition) is 4. The first-order chi connectivity index (χ1) is 14.9. The highest BCUT2D eigenvalue weighted by Gasteiger charge is 2.22. The number of carbonyl (C=O) groups excluding carboxylic acids is 2. The first-order valence-corrected chi connectivity index (χ1v) is 11.0. The highest BCUT2D eigenvalue weighted by atomic mass is 16.6. The van der Waals surface area contributed by atoms with E-state index >= 15 is 0 Å². The molecule has 1 aromatic rings. The fourth-order valence-corrected chi connectivity index (χ4v) is 2.98. The van der Waals surface area contributed by atoms with Gasteiger partial charge in [0.15, 0.2) is 0 Å². The molecular formula is C27H41NO4. The summed E-state index contributed by atoms with van der Waals surface area (Å²) >= 11 is 0. The summed E-state index contributed by atoms with van der Waals surface area (Å²) in [5.41, 5.74) is 6.62. The standard InChI is InChI=1S/C22H30O2.C5H11NO2/c1-6-11-19(7-2)15-21(16-20-12-9-8-10-13-20)18(5)24-22(23)14-17(3)4;1-5(2,3)8-4(6)7/h6-13,17-18,21H,1-2,14-16H2,3-5H3;1-3H3,(H2,6,7)/b19-11+;. The summed E-state index contributed by atoms with van der Waals surface area (Å²) in [6, 6.07) is 10.3. The summed E-state index contributed by atoms with van der Waals surface area (Å²) in [5, 5.41) is 0. The molecule has 0 radical (unpaired) electrons. The zero-order chi connectivity index (χ0) is 24.7. The molecule has 1 rings (SSSR count). The monoisotopic (exact) mass is 443 g/mol. The van der Waals surface area contributed by atoms with Gasteiger partial charge in [-0.05, 0) is 57.6 Å². The Morgan fingerprint density at radius 1 is 1.06 bits per heavy atom. The molecule has 2 N–H and O–H groups in total. The summed E-state index contributed by atoms with van der Waals surface area (Å²) in [5.74, 6) is 0.387. The smallest absolute Gasteiger partial charge is 0.405 e. The Balaban J connectivity index is 0.00000102. The highest BCUT2D eigenvalue weighted by molar-refractivity contribution is 5.69. The van der Waals surface area contributed by atoms with Crippen molar-refractivity contribution in [2.75, 3.05) is 0 Å². The van der Waals surface area contributed by atoms with Gasteiger partial charge in [-0.1, -0.05) is 75.6 Å². The lowest BCUT2D eigenvalue weighted by Crippen LogP contribution is -2.27. The van der Waals surface area contributed by atoms with Gasteiger partial charge in [0.2, 0.25) is 0 Å². The van der Waals surface area contributed by atoms with Gasteiger partial charge in [0, 0.05) is 12.3 Å². The van der Waals surface area contributed by atoms with E-state index in [-0.39, 0.29) is 18.0 Å². The molecule has 2 atom stereocenters. The zero-order valence-electron chi connectivity index (χ0n) is 20.6. The Labute approximate surface area is 194 Å². The maximum atomic E-state index is 12.0. The zero-order valence-corrected chi connectivity index (χ0v) is 20.6. The minimum absolute atomic E-state index is 0.122. The molecule has 1 amide bonds. The third-order valence-corrected chi connectivity index (χ3v) is 4.40. The number of primary amides is 1. The van der Waals surface area contributed by atoms with Gasteiger partial charge in [0.05, 0.1) is 0 Å². The normalized spacial score (nSPS) is 13.3. The highest BCUT2D eigenvalue weighted by Crippen LogP contribution is 2.24. The van der Waals surface area contributed by atoms with Gasteiger partial charge in [0.1, 0.15) is 11.7 Å². The van der Waals surface area contributed by atoms with Gasteiger partial charge in [-0.3, -0.25) is 4.79 Å². The van der Waals surface area contributed by atoms with Gasteiger partial charge >= 0.3 is 12.1 Å². The fraction of sp³-hybridized carbons (Fsp3) is 0.481. The molecule has 5 nitrogen and oxygen atoms in total. The van der Waals surface area contributed by atoms with Crippen LogP contribution in [0.4, 0.5) is 4.79 Å². The molecule has 2 unspecified atom stereocenters. The predicted octanol–water partition coefficient (Wildman–Crippen LogP) is 6.39. The minimum Gasteiger partial charge on any atom is -0.462 e. The van der Waals surface area contributed by atoms with Crippen LogP contribution in [0.2, 0.25) is 0 Å². The third-order valence-electron chi connectivity index (χ3n) is 4.40. The van der Waals surface area contributed by atoms with Crippen molar-refractivity contribution in [1.29, 1.82) is 0 Å². The summed E-state index contributed by atoms with van der Waals surface area (Å²) in [6.07, 6.45) is 6.84. The Morgan fingerprint density at radius 3 is 2.06 bits per heavy atom. The van der Waals surface area contributed by atoms with Crippen molar-refractivity contribution >= 4 is 12.1 Å². The van der Waals surface area contributed by atoms with E-state index in [2.05, 4.69) is 30.0 Å². The lowest BCUT2D eigenvalue weighted by Gasteiger charge is -2.25. The van der Waals surface area contributed by atoms with Crippen LogP contribution in [-0.4, -0.2) is 23.8 Å². The average molecular weight is 444 g/mol. The number of esters is 1. The second-order valence-electron chi connectivity index (χ2n) is 9.16. The van der Waals surface area contributed by atoms with Crippen LogP contribution in [-0.2, 0) is 20.7 Å². The van der Waals surface area contributed by atoms with Crippen molar-refractivity contribution in [3.8, 4) is 0 Å². The number of nitrogens with two attached hydrogens (primary N) is 1. The molecule has 0 fully saturated rings. The molecule has 178 valence electrons. The van der Waals surface area contributed by atoms with Crippen LogP contribution in [0.25, 0.3) is 0 Å². The van der Waals surface area contributed by atoms with Crippen molar-refractivity contribution in [2.45, 2.75) is 72.5 Å². The topological polar surface area (TPSA) is 78.6 Å². The molecule has 0 aliphatic carbocycles. The van der Waals surface area contributed by atoms with Crippen LogP contribution in [0, 0.1) is 11.8 Å². The second-order valence-corrected chi connectivity index (χ2v) is 9.16. The largest absolute Gasteiger partial charge is 0.462 e. The molecule has 0 spiro atoms.